The Morgan fingerprint density at radius 3 is 2.73 bits per heavy atom. The number of rotatable bonds is 8. The average Bonchev–Trinajstić information content (AvgIpc) is 3.60. The first-order valence-corrected chi connectivity index (χ1v) is 13.2. The molecule has 3 aromatic heterocycles. The van der Waals surface area contributed by atoms with Crippen LogP contribution < -0.4 is 10.6 Å². The van der Waals surface area contributed by atoms with Crippen molar-refractivity contribution in [1.82, 2.24) is 35.4 Å². The maximum absolute atomic E-state index is 13.6. The summed E-state index contributed by atoms with van der Waals surface area (Å²) in [5.74, 6) is 1.94. The molecule has 37 heavy (non-hydrogen) atoms. The molecule has 2 saturated carbocycles. The third-order valence-electron chi connectivity index (χ3n) is 7.55. The molecule has 10 heteroatoms. The van der Waals surface area contributed by atoms with Crippen molar-refractivity contribution in [2.45, 2.75) is 82.3 Å². The topological polar surface area (TPSA) is 124 Å². The quantitative estimate of drug-likeness (QED) is 0.355. The first kappa shape index (κ1) is 24.9. The van der Waals surface area contributed by atoms with Crippen LogP contribution >= 0.6 is 0 Å². The van der Waals surface area contributed by atoms with Gasteiger partial charge in [-0.05, 0) is 63.9 Å². The number of aromatic nitrogens is 5. The monoisotopic (exact) mass is 501 g/mol. The summed E-state index contributed by atoms with van der Waals surface area (Å²) < 4.78 is 0. The molecule has 0 bridgehead atoms. The fourth-order valence-corrected chi connectivity index (χ4v) is 5.68. The highest BCUT2D eigenvalue weighted by atomic mass is 16.2. The minimum Gasteiger partial charge on any atom is -0.330 e. The van der Waals surface area contributed by atoms with Crippen LogP contribution in [0.5, 0.6) is 0 Å². The van der Waals surface area contributed by atoms with Gasteiger partial charge in [0.25, 0.3) is 5.95 Å². The van der Waals surface area contributed by atoms with E-state index in [4.69, 9.17) is 0 Å². The number of aliphatic imine (C=N–C) groups is 1. The minimum absolute atomic E-state index is 0.0260. The molecule has 2 aliphatic carbocycles. The number of amides is 2. The van der Waals surface area contributed by atoms with Crippen LogP contribution in [-0.2, 0) is 0 Å². The molecule has 10 nitrogen and oxygen atoms in total. The van der Waals surface area contributed by atoms with E-state index in [0.29, 0.717) is 23.5 Å². The molecule has 2 aliphatic rings. The Morgan fingerprint density at radius 1 is 1.08 bits per heavy atom. The van der Waals surface area contributed by atoms with Gasteiger partial charge in [-0.25, -0.2) is 14.8 Å². The van der Waals surface area contributed by atoms with Crippen LogP contribution in [0.15, 0.2) is 47.7 Å². The number of nitrogens with zero attached hydrogens (tertiary/aromatic N) is 6. The van der Waals surface area contributed by atoms with Crippen LogP contribution in [0.25, 0.3) is 0 Å². The lowest BCUT2D eigenvalue weighted by atomic mass is 9.92. The van der Waals surface area contributed by atoms with Crippen LogP contribution in [0.4, 0.5) is 22.4 Å². The lowest BCUT2D eigenvalue weighted by molar-refractivity contribution is 0.121. The Bertz CT molecular complexity index is 1190. The zero-order valence-corrected chi connectivity index (χ0v) is 21.3. The molecule has 2 amide bonds. The number of aromatic amines is 1. The maximum Gasteiger partial charge on any atom is 0.318 e. The largest absolute Gasteiger partial charge is 0.330 e. The van der Waals surface area contributed by atoms with Crippen LogP contribution in [0, 0.1) is 0 Å². The van der Waals surface area contributed by atoms with E-state index in [2.05, 4.69) is 52.4 Å². The molecule has 0 aromatic carbocycles. The van der Waals surface area contributed by atoms with Crippen LogP contribution in [0.2, 0.25) is 0 Å². The van der Waals surface area contributed by atoms with E-state index >= 15 is 0 Å². The Labute approximate surface area is 217 Å². The van der Waals surface area contributed by atoms with Crippen molar-refractivity contribution in [3.63, 3.8) is 0 Å². The molecule has 0 saturated heterocycles. The van der Waals surface area contributed by atoms with Gasteiger partial charge in [0, 0.05) is 42.2 Å². The Kier molecular flexibility index (Phi) is 7.72. The number of urea groups is 1. The van der Waals surface area contributed by atoms with Gasteiger partial charge in [0.2, 0.25) is 0 Å². The number of hydrogen-bond acceptors (Lipinski definition) is 7. The Hall–Kier alpha value is -3.82. The molecule has 3 aromatic rings. The van der Waals surface area contributed by atoms with Gasteiger partial charge in [0.1, 0.15) is 5.82 Å². The van der Waals surface area contributed by atoms with E-state index in [-0.39, 0.29) is 24.2 Å². The molecule has 2 fully saturated rings. The zero-order chi connectivity index (χ0) is 25.6. The number of hydrogen-bond donors (Lipinski definition) is 3. The highest BCUT2D eigenvalue weighted by Gasteiger charge is 2.38. The van der Waals surface area contributed by atoms with E-state index in [1.807, 2.05) is 31.2 Å². The molecule has 0 radical (unpaired) electrons. The van der Waals surface area contributed by atoms with Gasteiger partial charge in [0.05, 0.1) is 11.7 Å². The fraction of sp³-hybridized carbons (Fsp3) is 0.481. The van der Waals surface area contributed by atoms with E-state index in [0.717, 1.165) is 43.5 Å². The maximum atomic E-state index is 13.6. The summed E-state index contributed by atoms with van der Waals surface area (Å²) in [4.78, 5) is 32.3. The van der Waals surface area contributed by atoms with Crippen molar-refractivity contribution in [3.05, 3.63) is 54.1 Å². The van der Waals surface area contributed by atoms with Gasteiger partial charge in [-0.15, -0.1) is 0 Å². The standard InChI is InChI=1S/C27H35N9O/c1-18(22-10-6-7-14-29-22)31-27(37)36(20-8-4-3-5-9-20)21-12-11-19(16-21)23-17-25(35-34-23)32-24-13-15-30-26(28-2)33-24/h6-7,10,13-15,17-21H,2-5,8-9,11-12,16H2,1H3,(H,31,37)(H2,30,32,33,34,35). The van der Waals surface area contributed by atoms with Crippen molar-refractivity contribution < 1.29 is 4.79 Å². The van der Waals surface area contributed by atoms with E-state index < -0.39 is 0 Å². The number of nitrogens with one attached hydrogen (secondary N) is 3. The second-order valence-electron chi connectivity index (χ2n) is 10.0. The van der Waals surface area contributed by atoms with Crippen molar-refractivity contribution >= 4 is 30.3 Å². The molecule has 3 atom stereocenters. The van der Waals surface area contributed by atoms with Crippen molar-refractivity contribution in [2.75, 3.05) is 5.32 Å². The van der Waals surface area contributed by atoms with Crippen LogP contribution in [0.1, 0.15) is 81.6 Å². The predicted octanol–water partition coefficient (Wildman–Crippen LogP) is 5.41. The molecule has 0 aliphatic heterocycles. The van der Waals surface area contributed by atoms with Crippen LogP contribution in [0.3, 0.4) is 0 Å². The van der Waals surface area contributed by atoms with Gasteiger partial charge in [-0.1, -0.05) is 25.3 Å². The van der Waals surface area contributed by atoms with Crippen LogP contribution in [-0.4, -0.2) is 54.9 Å². The lowest BCUT2D eigenvalue weighted by Gasteiger charge is -2.39. The van der Waals surface area contributed by atoms with Gasteiger partial charge >= 0.3 is 6.03 Å². The van der Waals surface area contributed by atoms with Crippen molar-refractivity contribution in [2.24, 2.45) is 4.99 Å². The van der Waals surface area contributed by atoms with E-state index in [9.17, 15) is 4.79 Å². The lowest BCUT2D eigenvalue weighted by Crippen LogP contribution is -2.52. The molecule has 0 spiro atoms. The SMILES string of the molecule is C=Nc1nccc(Nc2cc(C3CCC(N(C(=O)NC(C)c4ccccn4)C4CCCCC4)C3)[nH]n2)n1. The molecule has 3 N–H and O–H groups in total. The molecular formula is C27H35N9O. The Balaban J connectivity index is 1.26. The number of carbonyl (C=O) groups is 1. The van der Waals surface area contributed by atoms with E-state index in [1.165, 1.54) is 19.3 Å². The van der Waals surface area contributed by atoms with Gasteiger partial charge in [-0.2, -0.15) is 10.1 Å². The molecule has 5 rings (SSSR count). The number of pyridine rings is 1. The summed E-state index contributed by atoms with van der Waals surface area (Å²) in [7, 11) is 0. The molecular weight excluding hydrogens is 466 g/mol. The van der Waals surface area contributed by atoms with Gasteiger partial charge in [0.15, 0.2) is 5.82 Å². The number of H-pyrrole nitrogens is 1. The van der Waals surface area contributed by atoms with Crippen molar-refractivity contribution in [1.29, 1.82) is 0 Å². The smallest absolute Gasteiger partial charge is 0.318 e. The molecule has 194 valence electrons. The second kappa shape index (κ2) is 11.5. The molecule has 3 heterocycles. The summed E-state index contributed by atoms with van der Waals surface area (Å²) in [6, 6.07) is 9.98. The normalized spacial score (nSPS) is 20.8. The second-order valence-corrected chi connectivity index (χ2v) is 10.0. The Morgan fingerprint density at radius 2 is 1.95 bits per heavy atom. The predicted molar refractivity (Wildman–Crippen MR) is 143 cm³/mol. The third-order valence-corrected chi connectivity index (χ3v) is 7.55. The highest BCUT2D eigenvalue weighted by molar-refractivity contribution is 5.75. The first-order chi connectivity index (χ1) is 18.1. The first-order valence-electron chi connectivity index (χ1n) is 13.2. The zero-order valence-electron chi connectivity index (χ0n) is 21.3. The van der Waals surface area contributed by atoms with E-state index in [1.54, 1.807) is 18.5 Å². The van der Waals surface area contributed by atoms with Gasteiger partial charge < -0.3 is 15.5 Å². The summed E-state index contributed by atoms with van der Waals surface area (Å²) in [6.45, 7) is 5.48. The minimum atomic E-state index is -0.142. The highest BCUT2D eigenvalue weighted by Crippen LogP contribution is 2.39. The summed E-state index contributed by atoms with van der Waals surface area (Å²) in [6.07, 6.45) is 12.1. The molecule has 3 unspecified atom stereocenters. The third kappa shape index (κ3) is 5.95. The summed E-state index contributed by atoms with van der Waals surface area (Å²) >= 11 is 0. The van der Waals surface area contributed by atoms with Gasteiger partial charge in [-0.3, -0.25) is 10.1 Å². The number of anilines is 2. The summed E-state index contributed by atoms with van der Waals surface area (Å²) in [5, 5.41) is 14.1. The summed E-state index contributed by atoms with van der Waals surface area (Å²) in [5.41, 5.74) is 1.95. The van der Waals surface area contributed by atoms with Crippen molar-refractivity contribution in [3.8, 4) is 0 Å². The average molecular weight is 502 g/mol. The fourth-order valence-electron chi connectivity index (χ4n) is 5.68. The number of carbonyl (C=O) groups excluding carboxylic acids is 1.